The number of ether oxygens (including phenoxy) is 1. The van der Waals surface area contributed by atoms with Gasteiger partial charge in [-0.05, 0) is 19.8 Å². The van der Waals surface area contributed by atoms with Crippen LogP contribution in [0.25, 0.3) is 0 Å². The zero-order valence-electron chi connectivity index (χ0n) is 10.7. The molecule has 0 aliphatic rings. The molecule has 0 bridgehead atoms. The van der Waals surface area contributed by atoms with E-state index in [1.165, 1.54) is 6.42 Å². The minimum atomic E-state index is 0. The number of hydrogen-bond donors (Lipinski definition) is 2. The van der Waals surface area contributed by atoms with Gasteiger partial charge in [-0.1, -0.05) is 20.3 Å². The highest BCUT2D eigenvalue weighted by molar-refractivity contribution is 14.0. The maximum atomic E-state index is 5.67. The summed E-state index contributed by atoms with van der Waals surface area (Å²) < 4.78 is 5.37. The summed E-state index contributed by atoms with van der Waals surface area (Å²) in [6, 6.07) is 0.384. The third-order valence-corrected chi connectivity index (χ3v) is 2.17. The lowest BCUT2D eigenvalue weighted by atomic mass is 10.3. The lowest BCUT2D eigenvalue weighted by Gasteiger charge is -2.11. The van der Waals surface area contributed by atoms with Gasteiger partial charge in [-0.3, -0.25) is 4.99 Å². The second kappa shape index (κ2) is 13.0. The lowest BCUT2D eigenvalue weighted by molar-refractivity contribution is 0.139. The predicted molar refractivity (Wildman–Crippen MR) is 80.5 cm³/mol. The van der Waals surface area contributed by atoms with Crippen molar-refractivity contribution in [3.05, 3.63) is 0 Å². The van der Waals surface area contributed by atoms with Crippen LogP contribution in [-0.4, -0.2) is 31.8 Å². The molecule has 1 atom stereocenters. The van der Waals surface area contributed by atoms with Crippen LogP contribution in [0.2, 0.25) is 0 Å². The van der Waals surface area contributed by atoms with Crippen molar-refractivity contribution in [2.24, 2.45) is 10.7 Å². The van der Waals surface area contributed by atoms with Crippen molar-refractivity contribution in [1.29, 1.82) is 0 Å². The summed E-state index contributed by atoms with van der Waals surface area (Å²) in [6.45, 7) is 8.46. The summed E-state index contributed by atoms with van der Waals surface area (Å²) in [5, 5.41) is 3.10. The first-order valence-electron chi connectivity index (χ1n) is 5.84. The predicted octanol–water partition coefficient (Wildman–Crippen LogP) is 2.12. The third-order valence-electron chi connectivity index (χ3n) is 2.17. The molecular weight excluding hydrogens is 317 g/mol. The normalized spacial score (nSPS) is 13.1. The van der Waals surface area contributed by atoms with Gasteiger partial charge in [0.2, 0.25) is 0 Å². The molecule has 1 unspecified atom stereocenters. The van der Waals surface area contributed by atoms with E-state index >= 15 is 0 Å². The monoisotopic (exact) mass is 343 g/mol. The molecule has 0 heterocycles. The highest BCUT2D eigenvalue weighted by atomic mass is 127. The van der Waals surface area contributed by atoms with E-state index in [1.54, 1.807) is 0 Å². The van der Waals surface area contributed by atoms with Crippen LogP contribution in [0.3, 0.4) is 0 Å². The summed E-state index contributed by atoms with van der Waals surface area (Å²) >= 11 is 0. The number of nitrogens with one attached hydrogen (secondary N) is 1. The topological polar surface area (TPSA) is 59.6 Å². The molecule has 98 valence electrons. The van der Waals surface area contributed by atoms with E-state index in [0.29, 0.717) is 25.2 Å². The zero-order chi connectivity index (χ0) is 11.5. The van der Waals surface area contributed by atoms with Gasteiger partial charge in [0, 0.05) is 12.6 Å². The van der Waals surface area contributed by atoms with Crippen LogP contribution in [-0.2, 0) is 4.74 Å². The Balaban J connectivity index is 0. The van der Waals surface area contributed by atoms with Crippen molar-refractivity contribution in [3.8, 4) is 0 Å². The maximum absolute atomic E-state index is 5.67. The van der Waals surface area contributed by atoms with E-state index in [-0.39, 0.29) is 24.0 Å². The number of halogens is 1. The van der Waals surface area contributed by atoms with Crippen molar-refractivity contribution >= 4 is 29.9 Å². The molecule has 0 saturated heterocycles. The van der Waals surface area contributed by atoms with Gasteiger partial charge in [-0.25, -0.2) is 0 Å². The number of rotatable bonds is 8. The van der Waals surface area contributed by atoms with E-state index < -0.39 is 0 Å². The number of nitrogens with two attached hydrogens (primary N) is 1. The maximum Gasteiger partial charge on any atom is 0.188 e. The first-order valence-corrected chi connectivity index (χ1v) is 5.84. The van der Waals surface area contributed by atoms with Gasteiger partial charge in [-0.15, -0.1) is 24.0 Å². The minimum Gasteiger partial charge on any atom is -0.380 e. The van der Waals surface area contributed by atoms with Crippen LogP contribution in [0, 0.1) is 0 Å². The van der Waals surface area contributed by atoms with Gasteiger partial charge in [0.05, 0.1) is 13.2 Å². The standard InChI is InChI=1S/C11H25N3O.HI/c1-4-6-8-15-9-7-13-11(12)14-10(3)5-2;/h10H,4-9H2,1-3H3,(H3,12,13,14);1H. The third kappa shape index (κ3) is 12.0. The lowest BCUT2D eigenvalue weighted by Crippen LogP contribution is -2.38. The van der Waals surface area contributed by atoms with Crippen LogP contribution in [0.4, 0.5) is 0 Å². The van der Waals surface area contributed by atoms with Crippen molar-refractivity contribution in [2.45, 2.75) is 46.1 Å². The van der Waals surface area contributed by atoms with E-state index in [9.17, 15) is 0 Å². The molecule has 0 aromatic rings. The Hall–Kier alpha value is -0.0400. The second-order valence-corrected chi connectivity index (χ2v) is 3.69. The number of guanidine groups is 1. The largest absolute Gasteiger partial charge is 0.380 e. The quantitative estimate of drug-likeness (QED) is 0.307. The van der Waals surface area contributed by atoms with Crippen LogP contribution >= 0.6 is 24.0 Å². The van der Waals surface area contributed by atoms with Crippen molar-refractivity contribution < 1.29 is 4.74 Å². The van der Waals surface area contributed by atoms with Gasteiger partial charge < -0.3 is 15.8 Å². The summed E-state index contributed by atoms with van der Waals surface area (Å²) in [6.07, 6.45) is 3.33. The van der Waals surface area contributed by atoms with E-state index in [4.69, 9.17) is 10.5 Å². The van der Waals surface area contributed by atoms with Gasteiger partial charge in [0.1, 0.15) is 0 Å². The number of unbranched alkanes of at least 4 members (excludes halogenated alkanes) is 1. The molecule has 0 aliphatic carbocycles. The smallest absolute Gasteiger partial charge is 0.188 e. The molecular formula is C11H26IN3O. The molecule has 0 aromatic heterocycles. The Bertz CT molecular complexity index is 177. The highest BCUT2D eigenvalue weighted by Crippen LogP contribution is 1.88. The van der Waals surface area contributed by atoms with Crippen LogP contribution in [0.5, 0.6) is 0 Å². The average molecular weight is 343 g/mol. The first-order chi connectivity index (χ1) is 7.20. The fourth-order valence-corrected chi connectivity index (χ4v) is 0.979. The number of nitrogens with zero attached hydrogens (tertiary/aromatic N) is 1. The van der Waals surface area contributed by atoms with Crippen LogP contribution in [0.15, 0.2) is 4.99 Å². The molecule has 4 nitrogen and oxygen atoms in total. The Morgan fingerprint density at radius 3 is 2.62 bits per heavy atom. The zero-order valence-corrected chi connectivity index (χ0v) is 13.0. The van der Waals surface area contributed by atoms with E-state index in [1.807, 2.05) is 0 Å². The summed E-state index contributed by atoms with van der Waals surface area (Å²) in [4.78, 5) is 4.17. The average Bonchev–Trinajstić information content (AvgIpc) is 2.23. The van der Waals surface area contributed by atoms with Crippen molar-refractivity contribution in [1.82, 2.24) is 5.32 Å². The summed E-state index contributed by atoms with van der Waals surface area (Å²) in [7, 11) is 0. The number of aliphatic imine (C=N–C) groups is 1. The number of hydrogen-bond acceptors (Lipinski definition) is 2. The van der Waals surface area contributed by atoms with Gasteiger partial charge in [0.15, 0.2) is 5.96 Å². The molecule has 5 heteroatoms. The minimum absolute atomic E-state index is 0. The van der Waals surface area contributed by atoms with Crippen LogP contribution < -0.4 is 11.1 Å². The molecule has 0 rings (SSSR count). The Morgan fingerprint density at radius 1 is 1.38 bits per heavy atom. The Labute approximate surface area is 116 Å². The fraction of sp³-hybridized carbons (Fsp3) is 0.909. The fourth-order valence-electron chi connectivity index (χ4n) is 0.979. The first kappa shape index (κ1) is 18.3. The highest BCUT2D eigenvalue weighted by Gasteiger charge is 1.97. The molecule has 3 N–H and O–H groups in total. The van der Waals surface area contributed by atoms with E-state index in [2.05, 4.69) is 31.1 Å². The molecule has 0 aliphatic heterocycles. The Kier molecular flexibility index (Phi) is 14.9. The molecule has 0 amide bonds. The van der Waals surface area contributed by atoms with Gasteiger partial charge in [-0.2, -0.15) is 0 Å². The molecule has 0 saturated carbocycles. The van der Waals surface area contributed by atoms with Gasteiger partial charge in [0.25, 0.3) is 0 Å². The molecule has 0 aromatic carbocycles. The van der Waals surface area contributed by atoms with Crippen molar-refractivity contribution in [3.63, 3.8) is 0 Å². The SMILES string of the molecule is CCCCOCCN=C(N)NC(C)CC.I. The summed E-state index contributed by atoms with van der Waals surface area (Å²) in [5.41, 5.74) is 5.67. The van der Waals surface area contributed by atoms with E-state index in [0.717, 1.165) is 19.4 Å². The second-order valence-electron chi connectivity index (χ2n) is 3.69. The molecule has 0 fully saturated rings. The van der Waals surface area contributed by atoms with Crippen LogP contribution in [0.1, 0.15) is 40.0 Å². The van der Waals surface area contributed by atoms with Crippen molar-refractivity contribution in [2.75, 3.05) is 19.8 Å². The van der Waals surface area contributed by atoms with Gasteiger partial charge >= 0.3 is 0 Å². The molecule has 0 spiro atoms. The Morgan fingerprint density at radius 2 is 2.06 bits per heavy atom. The molecule has 0 radical (unpaired) electrons. The summed E-state index contributed by atoms with van der Waals surface area (Å²) in [5.74, 6) is 0.517. The molecule has 16 heavy (non-hydrogen) atoms.